The summed E-state index contributed by atoms with van der Waals surface area (Å²) < 4.78 is 116. The molecule has 2 rings (SSSR count). The molecule has 0 aliphatic heterocycles. The van der Waals surface area contributed by atoms with Gasteiger partial charge >= 0.3 is 12.4 Å². The number of halogens is 6. The summed E-state index contributed by atoms with van der Waals surface area (Å²) in [5.41, 5.74) is -1.23. The van der Waals surface area contributed by atoms with Crippen LogP contribution in [0.4, 0.5) is 26.3 Å². The highest BCUT2D eigenvalue weighted by Gasteiger charge is 2.42. The number of benzene rings is 2. The molecule has 0 saturated carbocycles. The summed E-state index contributed by atoms with van der Waals surface area (Å²) in [6.07, 6.45) is -11.3. The van der Waals surface area contributed by atoms with Crippen LogP contribution in [0.15, 0.2) is 24.3 Å². The largest absolute Gasteiger partial charge is 0.496 e. The Hall–Kier alpha value is -3.56. The number of carbonyl (C=O) groups is 2. The van der Waals surface area contributed by atoms with E-state index in [-0.39, 0.29) is 47.3 Å². The van der Waals surface area contributed by atoms with Gasteiger partial charge in [-0.3, -0.25) is 9.59 Å². The van der Waals surface area contributed by atoms with Crippen molar-refractivity contribution in [2.75, 3.05) is 27.8 Å². The lowest BCUT2D eigenvalue weighted by Gasteiger charge is -2.19. The summed E-state index contributed by atoms with van der Waals surface area (Å²) >= 11 is 0. The predicted molar refractivity (Wildman–Crippen MR) is 139 cm³/mol. The molecule has 240 valence electrons. The third-order valence-corrected chi connectivity index (χ3v) is 5.34. The fraction of sp³-hybridized carbons (Fsp3) is 0.500. The van der Waals surface area contributed by atoms with Crippen LogP contribution in [0.1, 0.15) is 59.5 Å². The summed E-state index contributed by atoms with van der Waals surface area (Å²) in [7, 11) is 2.55. The van der Waals surface area contributed by atoms with Crippen molar-refractivity contribution in [2.24, 2.45) is 0 Å². The summed E-state index contributed by atoms with van der Waals surface area (Å²) in [6, 6.07) is 4.23. The Kier molecular flexibility index (Phi) is 12.6. The van der Waals surface area contributed by atoms with Crippen LogP contribution in [0.3, 0.4) is 0 Å². The number of hydrogen-bond donors (Lipinski definition) is 0. The van der Waals surface area contributed by atoms with Gasteiger partial charge in [-0.1, -0.05) is 0 Å². The molecule has 0 unspecified atom stereocenters. The Morgan fingerprint density at radius 1 is 0.605 bits per heavy atom. The first-order valence-electron chi connectivity index (χ1n) is 12.7. The zero-order valence-corrected chi connectivity index (χ0v) is 24.2. The van der Waals surface area contributed by atoms with Gasteiger partial charge in [-0.05, 0) is 39.8 Å². The molecule has 0 aromatic heterocycles. The zero-order valence-electron chi connectivity index (χ0n) is 24.2. The Labute approximate surface area is 243 Å². The average Bonchev–Trinajstić information content (AvgIpc) is 2.90. The van der Waals surface area contributed by atoms with Gasteiger partial charge in [0.05, 0.1) is 50.8 Å². The van der Waals surface area contributed by atoms with Gasteiger partial charge in [0.15, 0.2) is 0 Å². The first kappa shape index (κ1) is 35.6. The minimum absolute atomic E-state index is 0.103. The van der Waals surface area contributed by atoms with Crippen LogP contribution in [-0.2, 0) is 27.4 Å². The fourth-order valence-corrected chi connectivity index (χ4v) is 3.64. The van der Waals surface area contributed by atoms with Gasteiger partial charge in [0.2, 0.25) is 0 Å². The highest BCUT2D eigenvalue weighted by molar-refractivity contribution is 6.03. The van der Waals surface area contributed by atoms with Crippen molar-refractivity contribution < 1.29 is 69.1 Å². The molecule has 0 aliphatic rings. The number of rotatable bonds is 16. The van der Waals surface area contributed by atoms with Gasteiger partial charge in [-0.25, -0.2) is 0 Å². The maximum absolute atomic E-state index is 13.2. The van der Waals surface area contributed by atoms with E-state index in [0.717, 1.165) is 24.3 Å². The second-order valence-electron chi connectivity index (χ2n) is 9.44. The molecule has 0 amide bonds. The standard InChI is InChI=1S/C28H32F6O9/c1-15(2)42-23-9-21(37-5)17(7-19(23)25(35)27(29,30)31)11-39-13-41-14-40-12-18-8-20(26(36)28(32,33)34)24(43-16(3)4)10-22(18)38-6/h7-10,15-16H,11-14H2,1-6H3. The van der Waals surface area contributed by atoms with Crippen LogP contribution in [0, 0.1) is 0 Å². The minimum Gasteiger partial charge on any atom is -0.496 e. The van der Waals surface area contributed by atoms with Crippen molar-refractivity contribution in [1.29, 1.82) is 0 Å². The molecule has 0 N–H and O–H groups in total. The highest BCUT2D eigenvalue weighted by atomic mass is 19.4. The van der Waals surface area contributed by atoms with Crippen molar-refractivity contribution in [1.82, 2.24) is 0 Å². The molecule has 0 atom stereocenters. The molecule has 2 aromatic rings. The van der Waals surface area contributed by atoms with Crippen molar-refractivity contribution in [3.8, 4) is 23.0 Å². The summed E-state index contributed by atoms with van der Waals surface area (Å²) in [5, 5.41) is 0. The number of hydrogen-bond acceptors (Lipinski definition) is 9. The molecular formula is C28H32F6O9. The van der Waals surface area contributed by atoms with Crippen LogP contribution in [0.2, 0.25) is 0 Å². The van der Waals surface area contributed by atoms with Crippen LogP contribution >= 0.6 is 0 Å². The van der Waals surface area contributed by atoms with Crippen molar-refractivity contribution >= 4 is 11.6 Å². The number of alkyl halides is 6. The maximum Gasteiger partial charge on any atom is 0.455 e. The highest BCUT2D eigenvalue weighted by Crippen LogP contribution is 2.36. The van der Waals surface area contributed by atoms with Gasteiger partial charge in [0.1, 0.15) is 36.6 Å². The number of Topliss-reactive ketones (excluding diaryl/α,β-unsaturated/α-hetero) is 2. The number of methoxy groups -OCH3 is 2. The predicted octanol–water partition coefficient (Wildman–Crippen LogP) is 6.43. The Balaban J connectivity index is 2.06. The van der Waals surface area contributed by atoms with Crippen LogP contribution in [0.25, 0.3) is 0 Å². The molecule has 0 spiro atoms. The number of carbonyl (C=O) groups excluding carboxylic acids is 2. The van der Waals surface area contributed by atoms with Gasteiger partial charge in [0.25, 0.3) is 11.6 Å². The second kappa shape index (κ2) is 15.3. The third-order valence-electron chi connectivity index (χ3n) is 5.34. The van der Waals surface area contributed by atoms with E-state index in [1.165, 1.54) is 14.2 Å². The van der Waals surface area contributed by atoms with Crippen molar-refractivity contribution in [3.05, 3.63) is 46.5 Å². The zero-order chi connectivity index (χ0) is 32.5. The molecule has 2 aromatic carbocycles. The lowest BCUT2D eigenvalue weighted by molar-refractivity contribution is -0.139. The average molecular weight is 627 g/mol. The SMILES string of the molecule is COc1cc(OC(C)C)c(C(=O)C(F)(F)F)cc1COCOCOCc1cc(C(=O)C(F)(F)F)c(OC(C)C)cc1OC. The smallest absolute Gasteiger partial charge is 0.455 e. The van der Waals surface area contributed by atoms with Crippen LogP contribution in [-0.4, -0.2) is 63.9 Å². The monoisotopic (exact) mass is 626 g/mol. The summed E-state index contributed by atoms with van der Waals surface area (Å²) in [5.74, 6) is -4.60. The molecule has 0 saturated heterocycles. The van der Waals surface area contributed by atoms with Crippen LogP contribution in [0.5, 0.6) is 23.0 Å². The van der Waals surface area contributed by atoms with Crippen molar-refractivity contribution in [2.45, 2.75) is 65.5 Å². The van der Waals surface area contributed by atoms with Gasteiger partial charge in [-0.15, -0.1) is 0 Å². The molecule has 15 heteroatoms. The molecule has 43 heavy (non-hydrogen) atoms. The van der Waals surface area contributed by atoms with E-state index in [0.29, 0.717) is 0 Å². The molecule has 0 heterocycles. The molecule has 0 bridgehead atoms. The maximum atomic E-state index is 13.2. The minimum atomic E-state index is -5.15. The van der Waals surface area contributed by atoms with Crippen molar-refractivity contribution in [3.63, 3.8) is 0 Å². The fourth-order valence-electron chi connectivity index (χ4n) is 3.64. The van der Waals surface area contributed by atoms with Gasteiger partial charge in [-0.2, -0.15) is 26.3 Å². The molecule has 9 nitrogen and oxygen atoms in total. The van der Waals surface area contributed by atoms with E-state index in [1.807, 2.05) is 0 Å². The number of ether oxygens (including phenoxy) is 7. The van der Waals surface area contributed by atoms with Gasteiger partial charge in [0, 0.05) is 23.3 Å². The summed E-state index contributed by atoms with van der Waals surface area (Å²) in [6.45, 7) is 4.83. The molecular weight excluding hydrogens is 594 g/mol. The van der Waals surface area contributed by atoms with Crippen LogP contribution < -0.4 is 18.9 Å². The van der Waals surface area contributed by atoms with E-state index in [1.54, 1.807) is 27.7 Å². The first-order chi connectivity index (χ1) is 20.0. The van der Waals surface area contributed by atoms with Gasteiger partial charge < -0.3 is 33.2 Å². The lowest BCUT2D eigenvalue weighted by Crippen LogP contribution is -2.24. The van der Waals surface area contributed by atoms with E-state index >= 15 is 0 Å². The van der Waals surface area contributed by atoms with E-state index in [9.17, 15) is 35.9 Å². The molecule has 0 radical (unpaired) electrons. The third kappa shape index (κ3) is 10.3. The topological polar surface area (TPSA) is 98.8 Å². The van der Waals surface area contributed by atoms with E-state index in [2.05, 4.69) is 0 Å². The van der Waals surface area contributed by atoms with E-state index < -0.39 is 60.8 Å². The molecule has 0 fully saturated rings. The Morgan fingerprint density at radius 2 is 0.953 bits per heavy atom. The second-order valence-corrected chi connectivity index (χ2v) is 9.44. The lowest BCUT2D eigenvalue weighted by atomic mass is 10.0. The summed E-state index contributed by atoms with van der Waals surface area (Å²) in [4.78, 5) is 24.0. The van der Waals surface area contributed by atoms with E-state index in [4.69, 9.17) is 33.2 Å². The molecule has 0 aliphatic carbocycles. The number of ketones is 2. The Morgan fingerprint density at radius 3 is 1.23 bits per heavy atom. The Bertz CT molecular complexity index is 1160. The normalized spacial score (nSPS) is 12.0. The first-order valence-corrected chi connectivity index (χ1v) is 12.7. The quantitative estimate of drug-likeness (QED) is 0.0903.